The number of esters is 2. The standard InChI is InChI=1S/C13H11ClO5S/c1-17-13(16)12-9(4-5-20-12)10-3-2-8(19-10)7-18-11(15)6-14/h2-5H,6-7H2,1H3. The first-order valence-corrected chi connectivity index (χ1v) is 7.03. The van der Waals surface area contributed by atoms with Gasteiger partial charge in [-0.05, 0) is 23.6 Å². The fourth-order valence-corrected chi connectivity index (χ4v) is 2.44. The average molecular weight is 315 g/mol. The van der Waals surface area contributed by atoms with Gasteiger partial charge in [0.1, 0.15) is 28.9 Å². The summed E-state index contributed by atoms with van der Waals surface area (Å²) in [7, 11) is 1.32. The fourth-order valence-electron chi connectivity index (χ4n) is 1.54. The Morgan fingerprint density at radius 3 is 2.85 bits per heavy atom. The summed E-state index contributed by atoms with van der Waals surface area (Å²) in [6.07, 6.45) is 0. The van der Waals surface area contributed by atoms with Crippen molar-refractivity contribution in [2.75, 3.05) is 13.0 Å². The van der Waals surface area contributed by atoms with E-state index in [2.05, 4.69) is 0 Å². The summed E-state index contributed by atoms with van der Waals surface area (Å²) in [5.74, 6) is -0.147. The Hall–Kier alpha value is -1.79. The summed E-state index contributed by atoms with van der Waals surface area (Å²) in [5, 5.41) is 1.78. The third-order valence-electron chi connectivity index (χ3n) is 2.45. The van der Waals surface area contributed by atoms with Gasteiger partial charge in [0.2, 0.25) is 0 Å². The number of hydrogen-bond donors (Lipinski definition) is 0. The zero-order valence-electron chi connectivity index (χ0n) is 10.6. The molecule has 0 aliphatic rings. The molecule has 0 atom stereocenters. The lowest BCUT2D eigenvalue weighted by atomic mass is 10.2. The summed E-state index contributed by atoms with van der Waals surface area (Å²) in [6.45, 7) is 0.00322. The molecule has 0 amide bonds. The van der Waals surface area contributed by atoms with E-state index in [1.54, 1.807) is 23.6 Å². The van der Waals surface area contributed by atoms with E-state index in [0.717, 1.165) is 0 Å². The average Bonchev–Trinajstić information content (AvgIpc) is 3.11. The number of alkyl halides is 1. The van der Waals surface area contributed by atoms with Gasteiger partial charge in [-0.25, -0.2) is 4.79 Å². The highest BCUT2D eigenvalue weighted by Crippen LogP contribution is 2.30. The van der Waals surface area contributed by atoms with Crippen LogP contribution >= 0.6 is 22.9 Å². The van der Waals surface area contributed by atoms with E-state index < -0.39 is 11.9 Å². The second-order valence-electron chi connectivity index (χ2n) is 3.72. The van der Waals surface area contributed by atoms with Crippen molar-refractivity contribution in [2.45, 2.75) is 6.61 Å². The van der Waals surface area contributed by atoms with Crippen molar-refractivity contribution in [2.24, 2.45) is 0 Å². The molecule has 0 aliphatic carbocycles. The van der Waals surface area contributed by atoms with Gasteiger partial charge < -0.3 is 13.9 Å². The van der Waals surface area contributed by atoms with E-state index in [4.69, 9.17) is 25.5 Å². The molecule has 0 unspecified atom stereocenters. The molecule has 0 aliphatic heterocycles. The molecule has 2 rings (SSSR count). The molecule has 0 saturated heterocycles. The summed E-state index contributed by atoms with van der Waals surface area (Å²) >= 11 is 6.59. The highest BCUT2D eigenvalue weighted by molar-refractivity contribution is 7.12. The van der Waals surface area contributed by atoms with Crippen LogP contribution in [0.4, 0.5) is 0 Å². The highest BCUT2D eigenvalue weighted by Gasteiger charge is 2.17. The van der Waals surface area contributed by atoms with Crippen LogP contribution < -0.4 is 0 Å². The Balaban J connectivity index is 2.15. The van der Waals surface area contributed by atoms with Crippen LogP contribution in [0.1, 0.15) is 15.4 Å². The molecule has 2 heterocycles. The lowest BCUT2D eigenvalue weighted by Gasteiger charge is -2.00. The van der Waals surface area contributed by atoms with E-state index in [0.29, 0.717) is 22.0 Å². The van der Waals surface area contributed by atoms with Crippen molar-refractivity contribution in [1.82, 2.24) is 0 Å². The Morgan fingerprint density at radius 1 is 1.35 bits per heavy atom. The zero-order valence-corrected chi connectivity index (χ0v) is 12.1. The fraction of sp³-hybridized carbons (Fsp3) is 0.231. The molecule has 2 aromatic rings. The summed E-state index contributed by atoms with van der Waals surface area (Å²) in [5.41, 5.74) is 0.650. The van der Waals surface area contributed by atoms with Crippen LogP contribution in [0.2, 0.25) is 0 Å². The molecule has 0 N–H and O–H groups in total. The largest absolute Gasteiger partial charge is 0.465 e. The third-order valence-corrected chi connectivity index (χ3v) is 3.56. The smallest absolute Gasteiger partial charge is 0.348 e. The van der Waals surface area contributed by atoms with Gasteiger partial charge >= 0.3 is 11.9 Å². The van der Waals surface area contributed by atoms with Gasteiger partial charge in [0.25, 0.3) is 0 Å². The summed E-state index contributed by atoms with van der Waals surface area (Å²) < 4.78 is 15.1. The first-order valence-electron chi connectivity index (χ1n) is 5.62. The summed E-state index contributed by atoms with van der Waals surface area (Å²) in [4.78, 5) is 23.0. The SMILES string of the molecule is COC(=O)c1sccc1-c1ccc(COC(=O)CCl)o1. The van der Waals surface area contributed by atoms with Crippen molar-refractivity contribution < 1.29 is 23.5 Å². The van der Waals surface area contributed by atoms with Gasteiger partial charge in [0.05, 0.1) is 7.11 Å². The molecule has 20 heavy (non-hydrogen) atoms. The molecule has 5 nitrogen and oxygen atoms in total. The number of ether oxygens (including phenoxy) is 2. The maximum atomic E-state index is 11.6. The number of thiophene rings is 1. The molecule has 0 radical (unpaired) electrons. The van der Waals surface area contributed by atoms with Gasteiger partial charge in [-0.15, -0.1) is 22.9 Å². The number of hydrogen-bond acceptors (Lipinski definition) is 6. The molecule has 0 aromatic carbocycles. The Bertz CT molecular complexity index is 616. The molecule has 7 heteroatoms. The first kappa shape index (κ1) is 14.6. The number of carbonyl (C=O) groups is 2. The van der Waals surface area contributed by atoms with E-state index >= 15 is 0 Å². The summed E-state index contributed by atoms with van der Waals surface area (Å²) in [6, 6.07) is 5.15. The van der Waals surface area contributed by atoms with E-state index in [-0.39, 0.29) is 12.5 Å². The molecular formula is C13H11ClO5S. The Kier molecular flexibility index (Phi) is 4.81. The Morgan fingerprint density at radius 2 is 2.15 bits per heavy atom. The van der Waals surface area contributed by atoms with Crippen molar-refractivity contribution in [3.63, 3.8) is 0 Å². The van der Waals surface area contributed by atoms with Gasteiger partial charge in [-0.1, -0.05) is 0 Å². The van der Waals surface area contributed by atoms with E-state index in [1.807, 2.05) is 0 Å². The third kappa shape index (κ3) is 3.20. The van der Waals surface area contributed by atoms with Gasteiger partial charge in [-0.2, -0.15) is 0 Å². The highest BCUT2D eigenvalue weighted by atomic mass is 35.5. The first-order chi connectivity index (χ1) is 9.65. The number of halogens is 1. The number of methoxy groups -OCH3 is 1. The monoisotopic (exact) mass is 314 g/mol. The van der Waals surface area contributed by atoms with Gasteiger partial charge in [-0.3, -0.25) is 4.79 Å². The Labute approximate surface area is 124 Å². The maximum Gasteiger partial charge on any atom is 0.348 e. The predicted molar refractivity (Wildman–Crippen MR) is 73.9 cm³/mol. The van der Waals surface area contributed by atoms with Crippen LogP contribution in [0.15, 0.2) is 28.0 Å². The van der Waals surface area contributed by atoms with Crippen molar-refractivity contribution in [3.05, 3.63) is 34.2 Å². The van der Waals surface area contributed by atoms with Crippen LogP contribution in [0.3, 0.4) is 0 Å². The minimum Gasteiger partial charge on any atom is -0.465 e. The van der Waals surface area contributed by atoms with Crippen molar-refractivity contribution >= 4 is 34.9 Å². The zero-order chi connectivity index (χ0) is 14.5. The molecule has 2 aromatic heterocycles. The van der Waals surface area contributed by atoms with Gasteiger partial charge in [0, 0.05) is 5.56 Å². The molecule has 0 saturated carbocycles. The number of carbonyl (C=O) groups excluding carboxylic acids is 2. The molecule has 0 bridgehead atoms. The number of rotatable bonds is 5. The van der Waals surface area contributed by atoms with Crippen LogP contribution in [-0.4, -0.2) is 24.9 Å². The lowest BCUT2D eigenvalue weighted by molar-refractivity contribution is -0.142. The molecular weight excluding hydrogens is 304 g/mol. The second-order valence-corrected chi connectivity index (χ2v) is 4.90. The van der Waals surface area contributed by atoms with Crippen LogP contribution in [0.25, 0.3) is 11.3 Å². The minimum absolute atomic E-state index is 0.00322. The molecule has 0 fully saturated rings. The minimum atomic E-state index is -0.518. The maximum absolute atomic E-state index is 11.6. The van der Waals surface area contributed by atoms with E-state index in [9.17, 15) is 9.59 Å². The van der Waals surface area contributed by atoms with E-state index in [1.165, 1.54) is 18.4 Å². The topological polar surface area (TPSA) is 65.7 Å². The normalized spacial score (nSPS) is 10.3. The van der Waals surface area contributed by atoms with Gasteiger partial charge in [0.15, 0.2) is 0 Å². The van der Waals surface area contributed by atoms with Crippen LogP contribution in [0, 0.1) is 0 Å². The molecule has 0 spiro atoms. The van der Waals surface area contributed by atoms with Crippen LogP contribution in [-0.2, 0) is 20.9 Å². The predicted octanol–water partition coefficient (Wildman–Crippen LogP) is 3.08. The van der Waals surface area contributed by atoms with Crippen molar-refractivity contribution in [3.8, 4) is 11.3 Å². The second kappa shape index (κ2) is 6.58. The van der Waals surface area contributed by atoms with Crippen molar-refractivity contribution in [1.29, 1.82) is 0 Å². The quantitative estimate of drug-likeness (QED) is 0.627. The van der Waals surface area contributed by atoms with Crippen LogP contribution in [0.5, 0.6) is 0 Å². The number of furan rings is 1. The molecule has 106 valence electrons. The lowest BCUT2D eigenvalue weighted by Crippen LogP contribution is -2.04.